The number of nitro benzene ring substituents is 1. The fourth-order valence-corrected chi connectivity index (χ4v) is 3.66. The number of amides is 3. The van der Waals surface area contributed by atoms with E-state index in [1.807, 2.05) is 4.90 Å². The molecule has 0 saturated carbocycles. The third-order valence-electron chi connectivity index (χ3n) is 5.12. The molecule has 9 nitrogen and oxygen atoms in total. The van der Waals surface area contributed by atoms with Gasteiger partial charge in [0.25, 0.3) is 5.69 Å². The Morgan fingerprint density at radius 1 is 1.04 bits per heavy atom. The normalized spacial score (nSPS) is 18.0. The summed E-state index contributed by atoms with van der Waals surface area (Å²) in [5.74, 6) is 0.158. The molecule has 0 spiro atoms. The molecular weight excluding hydrogens is 386 g/mol. The zero-order valence-corrected chi connectivity index (χ0v) is 16.4. The first-order chi connectivity index (χ1) is 13.4. The number of likely N-dealkylation sites (tertiary alicyclic amines) is 1. The predicted octanol–water partition coefficient (Wildman–Crippen LogP) is 2.41. The fraction of sp³-hybridized carbons (Fsp3) is 0.556. The topological polar surface area (TPSA) is 99.0 Å². The number of anilines is 1. The van der Waals surface area contributed by atoms with Gasteiger partial charge >= 0.3 is 6.03 Å². The Hall–Kier alpha value is -2.39. The summed E-state index contributed by atoms with van der Waals surface area (Å²) in [6, 6.07) is 3.84. The average Bonchev–Trinajstić information content (AvgIpc) is 2.70. The Kier molecular flexibility index (Phi) is 6.69. The van der Waals surface area contributed by atoms with E-state index >= 15 is 0 Å². The first-order valence-corrected chi connectivity index (χ1v) is 9.82. The van der Waals surface area contributed by atoms with Gasteiger partial charge in [-0.25, -0.2) is 4.79 Å². The molecule has 152 valence electrons. The van der Waals surface area contributed by atoms with Crippen LogP contribution >= 0.6 is 11.6 Å². The van der Waals surface area contributed by atoms with E-state index in [1.54, 1.807) is 4.90 Å². The summed E-state index contributed by atoms with van der Waals surface area (Å²) in [7, 11) is 0. The Morgan fingerprint density at radius 3 is 2.36 bits per heavy atom. The van der Waals surface area contributed by atoms with Crippen LogP contribution in [0, 0.1) is 10.1 Å². The van der Waals surface area contributed by atoms with E-state index in [0.29, 0.717) is 38.4 Å². The van der Waals surface area contributed by atoms with Gasteiger partial charge in [-0.05, 0) is 31.4 Å². The van der Waals surface area contributed by atoms with Gasteiger partial charge in [0.15, 0.2) is 0 Å². The highest BCUT2D eigenvalue weighted by Crippen LogP contribution is 2.27. The number of piperidine rings is 1. The summed E-state index contributed by atoms with van der Waals surface area (Å²) in [5, 5.41) is 13.7. The second kappa shape index (κ2) is 9.20. The molecule has 2 aliphatic rings. The minimum Gasteiger partial charge on any atom is -0.342 e. The monoisotopic (exact) mass is 409 g/mol. The lowest BCUT2D eigenvalue weighted by molar-refractivity contribution is -0.384. The molecule has 2 saturated heterocycles. The van der Waals surface area contributed by atoms with E-state index in [1.165, 1.54) is 24.6 Å². The van der Waals surface area contributed by atoms with Gasteiger partial charge in [0, 0.05) is 51.0 Å². The van der Waals surface area contributed by atoms with E-state index < -0.39 is 4.92 Å². The smallest absolute Gasteiger partial charge is 0.321 e. The van der Waals surface area contributed by atoms with E-state index in [4.69, 9.17) is 11.6 Å². The van der Waals surface area contributed by atoms with Crippen LogP contribution in [0.15, 0.2) is 18.2 Å². The van der Waals surface area contributed by atoms with Crippen LogP contribution in [0.5, 0.6) is 0 Å². The summed E-state index contributed by atoms with van der Waals surface area (Å²) >= 11 is 5.79. The summed E-state index contributed by atoms with van der Waals surface area (Å²) < 4.78 is 0. The number of piperazine rings is 1. The van der Waals surface area contributed by atoms with Gasteiger partial charge in [0.1, 0.15) is 5.02 Å². The van der Waals surface area contributed by atoms with Crippen LogP contribution in [-0.4, -0.2) is 77.4 Å². The molecule has 2 heterocycles. The second-order valence-electron chi connectivity index (χ2n) is 7.06. The molecule has 2 aliphatic heterocycles. The van der Waals surface area contributed by atoms with Crippen molar-refractivity contribution in [1.29, 1.82) is 0 Å². The lowest BCUT2D eigenvalue weighted by Crippen LogP contribution is -2.52. The number of nitrogens with zero attached hydrogens (tertiary/aromatic N) is 4. The number of carbonyl (C=O) groups excluding carboxylic acids is 2. The van der Waals surface area contributed by atoms with Crippen LogP contribution in [0.3, 0.4) is 0 Å². The zero-order chi connectivity index (χ0) is 20.1. The average molecular weight is 410 g/mol. The van der Waals surface area contributed by atoms with Crippen LogP contribution in [-0.2, 0) is 4.79 Å². The predicted molar refractivity (Wildman–Crippen MR) is 106 cm³/mol. The van der Waals surface area contributed by atoms with Gasteiger partial charge in [-0.1, -0.05) is 11.6 Å². The van der Waals surface area contributed by atoms with Crippen molar-refractivity contribution in [2.75, 3.05) is 51.1 Å². The van der Waals surface area contributed by atoms with E-state index in [2.05, 4.69) is 10.2 Å². The van der Waals surface area contributed by atoms with Crippen LogP contribution in [0.4, 0.5) is 16.2 Å². The van der Waals surface area contributed by atoms with Crippen molar-refractivity contribution in [2.24, 2.45) is 0 Å². The molecule has 3 amide bonds. The fourth-order valence-electron chi connectivity index (χ4n) is 3.48. The molecule has 1 N–H and O–H groups in total. The highest BCUT2D eigenvalue weighted by atomic mass is 35.5. The third-order valence-corrected chi connectivity index (χ3v) is 5.44. The number of carbonyl (C=O) groups is 2. The van der Waals surface area contributed by atoms with Gasteiger partial charge in [0.2, 0.25) is 5.91 Å². The molecule has 10 heteroatoms. The number of benzene rings is 1. The Morgan fingerprint density at radius 2 is 1.71 bits per heavy atom. The largest absolute Gasteiger partial charge is 0.342 e. The molecule has 1 aromatic rings. The summed E-state index contributed by atoms with van der Waals surface area (Å²) in [4.78, 5) is 40.8. The van der Waals surface area contributed by atoms with Crippen molar-refractivity contribution in [3.8, 4) is 0 Å². The lowest BCUT2D eigenvalue weighted by atomic mass is 10.1. The number of nitro groups is 1. The maximum Gasteiger partial charge on any atom is 0.321 e. The van der Waals surface area contributed by atoms with Gasteiger partial charge in [-0.2, -0.15) is 0 Å². The molecule has 0 atom stereocenters. The van der Waals surface area contributed by atoms with Crippen molar-refractivity contribution in [3.05, 3.63) is 33.3 Å². The van der Waals surface area contributed by atoms with E-state index in [-0.39, 0.29) is 22.6 Å². The lowest BCUT2D eigenvalue weighted by Gasteiger charge is -2.36. The second-order valence-corrected chi connectivity index (χ2v) is 7.47. The molecule has 0 aromatic heterocycles. The third kappa shape index (κ3) is 5.11. The van der Waals surface area contributed by atoms with Crippen molar-refractivity contribution in [1.82, 2.24) is 14.7 Å². The maximum atomic E-state index is 12.4. The Labute approximate surface area is 168 Å². The summed E-state index contributed by atoms with van der Waals surface area (Å²) in [6.45, 7) is 4.30. The van der Waals surface area contributed by atoms with E-state index in [0.717, 1.165) is 25.9 Å². The maximum absolute atomic E-state index is 12.4. The van der Waals surface area contributed by atoms with Gasteiger partial charge in [-0.15, -0.1) is 0 Å². The van der Waals surface area contributed by atoms with Crippen LogP contribution < -0.4 is 5.32 Å². The number of urea groups is 1. The van der Waals surface area contributed by atoms with Crippen molar-refractivity contribution in [3.63, 3.8) is 0 Å². The van der Waals surface area contributed by atoms with Crippen molar-refractivity contribution in [2.45, 2.75) is 19.3 Å². The zero-order valence-electron chi connectivity index (χ0n) is 15.6. The summed E-state index contributed by atoms with van der Waals surface area (Å²) in [6.07, 6.45) is 3.33. The standard InChI is InChI=1S/C18H24ClN5O4/c19-15-5-4-14(12-16(15)24(27)28)20-18(26)23-10-8-21(9-11-23)13-17(25)22-6-2-1-3-7-22/h4-5,12H,1-3,6-11,13H2,(H,20,26). The van der Waals surface area contributed by atoms with Gasteiger partial charge < -0.3 is 15.1 Å². The molecule has 1 aromatic carbocycles. The highest BCUT2D eigenvalue weighted by Gasteiger charge is 2.25. The quantitative estimate of drug-likeness (QED) is 0.608. The number of halogens is 1. The number of nitrogens with one attached hydrogen (secondary N) is 1. The summed E-state index contributed by atoms with van der Waals surface area (Å²) in [5.41, 5.74) is 0.0734. The van der Waals surface area contributed by atoms with Crippen molar-refractivity contribution < 1.29 is 14.5 Å². The molecule has 0 radical (unpaired) electrons. The van der Waals surface area contributed by atoms with Crippen molar-refractivity contribution >= 4 is 34.9 Å². The first kappa shape index (κ1) is 20.3. The molecule has 0 unspecified atom stereocenters. The molecule has 0 bridgehead atoms. The molecule has 28 heavy (non-hydrogen) atoms. The first-order valence-electron chi connectivity index (χ1n) is 9.44. The molecule has 3 rings (SSSR count). The Bertz CT molecular complexity index is 745. The SMILES string of the molecule is O=C(CN1CCN(C(=O)Nc2ccc(Cl)c([N+](=O)[O-])c2)CC1)N1CCCCC1. The van der Waals surface area contributed by atoms with Crippen LogP contribution in [0.1, 0.15) is 19.3 Å². The molecular formula is C18H24ClN5O4. The minimum absolute atomic E-state index is 0.0231. The van der Waals surface area contributed by atoms with Gasteiger partial charge in [-0.3, -0.25) is 19.8 Å². The van der Waals surface area contributed by atoms with E-state index in [9.17, 15) is 19.7 Å². The van der Waals surface area contributed by atoms with Crippen LogP contribution in [0.25, 0.3) is 0 Å². The highest BCUT2D eigenvalue weighted by molar-refractivity contribution is 6.32. The van der Waals surface area contributed by atoms with Crippen LogP contribution in [0.2, 0.25) is 5.02 Å². The number of hydrogen-bond acceptors (Lipinski definition) is 5. The van der Waals surface area contributed by atoms with Gasteiger partial charge in [0.05, 0.1) is 11.5 Å². The number of hydrogen-bond donors (Lipinski definition) is 1. The minimum atomic E-state index is -0.587. The number of rotatable bonds is 4. The molecule has 2 fully saturated rings. The Balaban J connectivity index is 1.48. The molecule has 0 aliphatic carbocycles.